The number of Topliss-reactive ketones (excluding diaryl/α,β-unsaturated/α-hetero) is 1. The number of nitrogens with two attached hydrogens (primary N) is 1. The maximum absolute atomic E-state index is 12.2. The molecule has 3 N–H and O–H groups in total. The van der Waals surface area contributed by atoms with Crippen molar-refractivity contribution < 1.29 is 14.7 Å². The molecule has 0 aliphatic rings. The standard InChI is InChI=1S/C15H13NO3/c16-11-6-7-12(15(18)19)13(9-11)14(17)8-10-4-2-1-3-5-10/h1-7,9H,8,16H2,(H,18,19). The summed E-state index contributed by atoms with van der Waals surface area (Å²) in [6, 6.07) is 13.4. The number of carboxylic acids is 1. The number of hydrogen-bond acceptors (Lipinski definition) is 3. The van der Waals surface area contributed by atoms with Crippen molar-refractivity contribution in [3.63, 3.8) is 0 Å². The molecule has 0 aliphatic heterocycles. The summed E-state index contributed by atoms with van der Waals surface area (Å²) in [5.41, 5.74) is 6.96. The molecule has 4 heteroatoms. The van der Waals surface area contributed by atoms with Crippen molar-refractivity contribution in [3.05, 3.63) is 65.2 Å². The predicted molar refractivity (Wildman–Crippen MR) is 72.3 cm³/mol. The Bertz CT molecular complexity index is 621. The fraction of sp³-hybridized carbons (Fsp3) is 0.0667. The minimum Gasteiger partial charge on any atom is -0.478 e. The van der Waals surface area contributed by atoms with E-state index < -0.39 is 5.97 Å². The lowest BCUT2D eigenvalue weighted by atomic mass is 9.98. The monoisotopic (exact) mass is 255 g/mol. The summed E-state index contributed by atoms with van der Waals surface area (Å²) in [6.07, 6.45) is 0.157. The van der Waals surface area contributed by atoms with Gasteiger partial charge in [0, 0.05) is 17.7 Å². The summed E-state index contributed by atoms with van der Waals surface area (Å²) < 4.78 is 0. The second kappa shape index (κ2) is 5.35. The molecule has 0 bridgehead atoms. The van der Waals surface area contributed by atoms with Crippen LogP contribution in [0.5, 0.6) is 0 Å². The van der Waals surface area contributed by atoms with Crippen LogP contribution in [0.15, 0.2) is 48.5 Å². The number of carbonyl (C=O) groups excluding carboxylic acids is 1. The molecule has 0 saturated carbocycles. The molecule has 0 unspecified atom stereocenters. The maximum atomic E-state index is 12.2. The Morgan fingerprint density at radius 3 is 2.32 bits per heavy atom. The summed E-state index contributed by atoms with van der Waals surface area (Å²) >= 11 is 0. The third-order valence-electron chi connectivity index (χ3n) is 2.78. The van der Waals surface area contributed by atoms with Crippen molar-refractivity contribution >= 4 is 17.4 Å². The van der Waals surface area contributed by atoms with Gasteiger partial charge in [0.25, 0.3) is 0 Å². The Hall–Kier alpha value is -2.62. The summed E-state index contributed by atoms with van der Waals surface area (Å²) in [5.74, 6) is -1.38. The van der Waals surface area contributed by atoms with E-state index in [0.29, 0.717) is 5.69 Å². The van der Waals surface area contributed by atoms with Crippen molar-refractivity contribution in [2.45, 2.75) is 6.42 Å². The molecule has 0 aliphatic carbocycles. The number of aromatic carboxylic acids is 1. The Labute approximate surface area is 110 Å². The van der Waals surface area contributed by atoms with Crippen LogP contribution in [0.1, 0.15) is 26.3 Å². The molecular weight excluding hydrogens is 242 g/mol. The van der Waals surface area contributed by atoms with Gasteiger partial charge in [0.05, 0.1) is 5.56 Å². The van der Waals surface area contributed by atoms with Crippen LogP contribution in [0.4, 0.5) is 5.69 Å². The van der Waals surface area contributed by atoms with Crippen LogP contribution in [0.2, 0.25) is 0 Å². The molecular formula is C15H13NO3. The lowest BCUT2D eigenvalue weighted by Gasteiger charge is -2.06. The molecule has 0 heterocycles. The average Bonchev–Trinajstić information content (AvgIpc) is 2.39. The van der Waals surface area contributed by atoms with E-state index in [4.69, 9.17) is 10.8 Å². The number of carbonyl (C=O) groups is 2. The van der Waals surface area contributed by atoms with Crippen LogP contribution in [-0.4, -0.2) is 16.9 Å². The minimum absolute atomic E-state index is 0.0184. The van der Waals surface area contributed by atoms with Gasteiger partial charge in [-0.15, -0.1) is 0 Å². The van der Waals surface area contributed by atoms with Crippen LogP contribution in [0.25, 0.3) is 0 Å². The van der Waals surface area contributed by atoms with Gasteiger partial charge < -0.3 is 10.8 Å². The maximum Gasteiger partial charge on any atom is 0.336 e. The molecule has 0 aromatic heterocycles. The lowest BCUT2D eigenvalue weighted by Crippen LogP contribution is -2.11. The topological polar surface area (TPSA) is 80.4 Å². The predicted octanol–water partition coefficient (Wildman–Crippen LogP) is 2.39. The number of benzene rings is 2. The minimum atomic E-state index is -1.13. The fourth-order valence-electron chi connectivity index (χ4n) is 1.86. The summed E-state index contributed by atoms with van der Waals surface area (Å²) in [4.78, 5) is 23.3. The van der Waals surface area contributed by atoms with E-state index in [9.17, 15) is 9.59 Å². The Morgan fingerprint density at radius 2 is 1.68 bits per heavy atom. The first kappa shape index (κ1) is 12.8. The van der Waals surface area contributed by atoms with E-state index >= 15 is 0 Å². The number of carboxylic acid groups (broad SMARTS) is 1. The molecule has 2 rings (SSSR count). The van der Waals surface area contributed by atoms with E-state index in [2.05, 4.69) is 0 Å². The summed E-state index contributed by atoms with van der Waals surface area (Å²) in [5, 5.41) is 9.08. The molecule has 96 valence electrons. The first-order valence-corrected chi connectivity index (χ1v) is 5.78. The molecule has 0 fully saturated rings. The molecule has 2 aromatic carbocycles. The highest BCUT2D eigenvalue weighted by molar-refractivity contribution is 6.07. The van der Waals surface area contributed by atoms with Gasteiger partial charge in [-0.1, -0.05) is 30.3 Å². The van der Waals surface area contributed by atoms with Gasteiger partial charge in [0.2, 0.25) is 0 Å². The molecule has 0 saturated heterocycles. The van der Waals surface area contributed by atoms with Gasteiger partial charge in [-0.2, -0.15) is 0 Å². The van der Waals surface area contributed by atoms with Crippen molar-refractivity contribution in [1.29, 1.82) is 0 Å². The lowest BCUT2D eigenvalue weighted by molar-refractivity contribution is 0.0692. The van der Waals surface area contributed by atoms with E-state index in [1.165, 1.54) is 18.2 Å². The van der Waals surface area contributed by atoms with E-state index in [1.807, 2.05) is 30.3 Å². The van der Waals surface area contributed by atoms with Crippen LogP contribution in [0, 0.1) is 0 Å². The first-order valence-electron chi connectivity index (χ1n) is 5.78. The van der Waals surface area contributed by atoms with Crippen molar-refractivity contribution in [1.82, 2.24) is 0 Å². The number of ketones is 1. The highest BCUT2D eigenvalue weighted by Crippen LogP contribution is 2.16. The highest BCUT2D eigenvalue weighted by Gasteiger charge is 2.16. The second-order valence-electron chi connectivity index (χ2n) is 4.20. The number of rotatable bonds is 4. The zero-order chi connectivity index (χ0) is 13.8. The molecule has 19 heavy (non-hydrogen) atoms. The van der Waals surface area contributed by atoms with E-state index in [0.717, 1.165) is 5.56 Å². The number of anilines is 1. The van der Waals surface area contributed by atoms with Crippen LogP contribution in [-0.2, 0) is 6.42 Å². The molecule has 0 spiro atoms. The van der Waals surface area contributed by atoms with Crippen molar-refractivity contribution in [2.75, 3.05) is 5.73 Å². The third kappa shape index (κ3) is 2.98. The molecule has 0 amide bonds. The average molecular weight is 255 g/mol. The van der Waals surface area contributed by atoms with Crippen molar-refractivity contribution in [2.24, 2.45) is 0 Å². The SMILES string of the molecule is Nc1ccc(C(=O)O)c(C(=O)Cc2ccccc2)c1. The molecule has 0 atom stereocenters. The Kier molecular flexibility index (Phi) is 3.61. The van der Waals surface area contributed by atoms with Gasteiger partial charge in [-0.05, 0) is 23.8 Å². The Balaban J connectivity index is 2.33. The van der Waals surface area contributed by atoms with E-state index in [1.54, 1.807) is 0 Å². The largest absolute Gasteiger partial charge is 0.478 e. The van der Waals surface area contributed by atoms with Gasteiger partial charge >= 0.3 is 5.97 Å². The molecule has 0 radical (unpaired) electrons. The fourth-order valence-corrected chi connectivity index (χ4v) is 1.86. The van der Waals surface area contributed by atoms with Gasteiger partial charge in [0.1, 0.15) is 0 Å². The number of nitrogen functional groups attached to an aromatic ring is 1. The van der Waals surface area contributed by atoms with E-state index in [-0.39, 0.29) is 23.3 Å². The zero-order valence-electron chi connectivity index (χ0n) is 10.2. The summed E-state index contributed by atoms with van der Waals surface area (Å²) in [6.45, 7) is 0. The van der Waals surface area contributed by atoms with Gasteiger partial charge in [-0.25, -0.2) is 4.79 Å². The van der Waals surface area contributed by atoms with Crippen LogP contribution < -0.4 is 5.73 Å². The Morgan fingerprint density at radius 1 is 1.00 bits per heavy atom. The molecule has 4 nitrogen and oxygen atoms in total. The third-order valence-corrected chi connectivity index (χ3v) is 2.78. The van der Waals surface area contributed by atoms with Crippen LogP contribution in [0.3, 0.4) is 0 Å². The van der Waals surface area contributed by atoms with Crippen molar-refractivity contribution in [3.8, 4) is 0 Å². The van der Waals surface area contributed by atoms with Gasteiger partial charge in [-0.3, -0.25) is 4.79 Å². The highest BCUT2D eigenvalue weighted by atomic mass is 16.4. The van der Waals surface area contributed by atoms with Gasteiger partial charge in [0.15, 0.2) is 5.78 Å². The van der Waals surface area contributed by atoms with Crippen LogP contribution >= 0.6 is 0 Å². The smallest absolute Gasteiger partial charge is 0.336 e. The summed E-state index contributed by atoms with van der Waals surface area (Å²) in [7, 11) is 0. The zero-order valence-corrected chi connectivity index (χ0v) is 10.2. The number of hydrogen-bond donors (Lipinski definition) is 2. The first-order chi connectivity index (χ1) is 9.08. The molecule has 2 aromatic rings. The quantitative estimate of drug-likeness (QED) is 0.649. The normalized spacial score (nSPS) is 10.1. The second-order valence-corrected chi connectivity index (χ2v) is 4.20.